The van der Waals surface area contributed by atoms with Crippen LogP contribution in [0, 0.1) is 0 Å². The zero-order valence-electron chi connectivity index (χ0n) is 16.5. The van der Waals surface area contributed by atoms with Crippen molar-refractivity contribution in [1.29, 1.82) is 0 Å². The molecule has 0 radical (unpaired) electrons. The molecule has 0 bridgehead atoms. The molecule has 1 heterocycles. The number of carbonyl (C=O) groups excluding carboxylic acids is 1. The van der Waals surface area contributed by atoms with Crippen LogP contribution in [-0.4, -0.2) is 54.4 Å². The first-order chi connectivity index (χ1) is 13.6. The molecule has 1 aliphatic heterocycles. The highest BCUT2D eigenvalue weighted by atomic mass is 16.5. The van der Waals surface area contributed by atoms with Crippen LogP contribution in [-0.2, 0) is 16.0 Å². The van der Waals surface area contributed by atoms with Crippen LogP contribution in [0.5, 0.6) is 0 Å². The third-order valence-corrected chi connectivity index (χ3v) is 5.23. The number of para-hydroxylation sites is 1. The first-order valence-electron chi connectivity index (χ1n) is 10.0. The molecule has 1 amide bonds. The number of anilines is 1. The van der Waals surface area contributed by atoms with Gasteiger partial charge < -0.3 is 20.1 Å². The highest BCUT2D eigenvalue weighted by Crippen LogP contribution is 2.23. The molecule has 5 heteroatoms. The van der Waals surface area contributed by atoms with E-state index < -0.39 is 12.2 Å². The molecule has 0 aliphatic carbocycles. The molecular weight excluding hydrogens is 352 g/mol. The Morgan fingerprint density at radius 2 is 1.75 bits per heavy atom. The molecule has 0 saturated carbocycles. The van der Waals surface area contributed by atoms with E-state index in [0.29, 0.717) is 12.1 Å². The minimum Gasteiger partial charge on any atom is -0.390 e. The number of aliphatic hydroxyl groups excluding tert-OH is 1. The Bertz CT molecular complexity index is 723. The lowest BCUT2D eigenvalue weighted by Crippen LogP contribution is -2.47. The fourth-order valence-electron chi connectivity index (χ4n) is 3.50. The summed E-state index contributed by atoms with van der Waals surface area (Å²) in [5.41, 5.74) is 2.05. The maximum atomic E-state index is 12.5. The lowest BCUT2D eigenvalue weighted by Gasteiger charge is -2.33. The molecule has 0 aromatic heterocycles. The van der Waals surface area contributed by atoms with Crippen LogP contribution >= 0.6 is 0 Å². The predicted molar refractivity (Wildman–Crippen MR) is 111 cm³/mol. The Morgan fingerprint density at radius 3 is 2.46 bits per heavy atom. The molecule has 3 rings (SSSR count). The lowest BCUT2D eigenvalue weighted by atomic mass is 9.98. The number of aliphatic hydroxyl groups is 1. The predicted octanol–water partition coefficient (Wildman–Crippen LogP) is 3.10. The van der Waals surface area contributed by atoms with Crippen LogP contribution in [0.15, 0.2) is 60.7 Å². The second-order valence-corrected chi connectivity index (χ2v) is 7.51. The minimum atomic E-state index is -0.811. The Kier molecular flexibility index (Phi) is 7.60. The highest BCUT2D eigenvalue weighted by Gasteiger charge is 2.35. The van der Waals surface area contributed by atoms with Gasteiger partial charge in [-0.05, 0) is 50.4 Å². The number of hydrogen-bond donors (Lipinski definition) is 2. The summed E-state index contributed by atoms with van der Waals surface area (Å²) in [6, 6.07) is 19.7. The summed E-state index contributed by atoms with van der Waals surface area (Å²) in [7, 11) is 2.11. The van der Waals surface area contributed by atoms with Crippen LogP contribution in [0.4, 0.5) is 5.69 Å². The smallest absolute Gasteiger partial charge is 0.256 e. The van der Waals surface area contributed by atoms with Crippen molar-refractivity contribution in [3.8, 4) is 0 Å². The van der Waals surface area contributed by atoms with Crippen LogP contribution < -0.4 is 5.32 Å². The van der Waals surface area contributed by atoms with E-state index in [2.05, 4.69) is 41.5 Å². The zero-order valence-corrected chi connectivity index (χ0v) is 16.5. The van der Waals surface area contributed by atoms with Gasteiger partial charge in [-0.25, -0.2) is 0 Å². The number of nitrogens with zero attached hydrogens (tertiary/aromatic N) is 1. The van der Waals surface area contributed by atoms with Crippen molar-refractivity contribution in [2.75, 3.05) is 25.5 Å². The molecule has 2 N–H and O–H groups in total. The quantitative estimate of drug-likeness (QED) is 0.737. The summed E-state index contributed by atoms with van der Waals surface area (Å²) in [6.45, 7) is 1.89. The minimum absolute atomic E-state index is 0.00546. The van der Waals surface area contributed by atoms with Crippen LogP contribution in [0.2, 0.25) is 0 Å². The highest BCUT2D eigenvalue weighted by molar-refractivity contribution is 5.94. The van der Waals surface area contributed by atoms with Crippen LogP contribution in [0.1, 0.15) is 24.8 Å². The van der Waals surface area contributed by atoms with Gasteiger partial charge in [-0.15, -0.1) is 0 Å². The normalized spacial score (nSPS) is 22.2. The molecule has 5 nitrogen and oxygen atoms in total. The van der Waals surface area contributed by atoms with Gasteiger partial charge in [-0.1, -0.05) is 48.5 Å². The van der Waals surface area contributed by atoms with Crippen molar-refractivity contribution >= 4 is 11.6 Å². The van der Waals surface area contributed by atoms with Crippen molar-refractivity contribution in [3.63, 3.8) is 0 Å². The van der Waals surface area contributed by atoms with Gasteiger partial charge in [-0.3, -0.25) is 4.79 Å². The first kappa shape index (κ1) is 20.5. The second kappa shape index (κ2) is 10.4. The molecule has 0 unspecified atom stereocenters. The number of rotatable bonds is 8. The van der Waals surface area contributed by atoms with Crippen molar-refractivity contribution in [3.05, 3.63) is 66.2 Å². The Morgan fingerprint density at radius 1 is 1.07 bits per heavy atom. The summed E-state index contributed by atoms with van der Waals surface area (Å²) < 4.78 is 5.96. The van der Waals surface area contributed by atoms with E-state index in [1.54, 1.807) is 0 Å². The van der Waals surface area contributed by atoms with Gasteiger partial charge in [0.15, 0.2) is 6.10 Å². The van der Waals surface area contributed by atoms with E-state index in [4.69, 9.17) is 4.74 Å². The number of amides is 1. The summed E-state index contributed by atoms with van der Waals surface area (Å²) in [5.74, 6) is -0.277. The van der Waals surface area contributed by atoms with E-state index >= 15 is 0 Å². The molecule has 28 heavy (non-hydrogen) atoms. The van der Waals surface area contributed by atoms with E-state index in [-0.39, 0.29) is 12.0 Å². The number of benzene rings is 2. The fraction of sp³-hybridized carbons (Fsp3) is 0.435. The molecule has 0 spiro atoms. The Balaban J connectivity index is 1.44. The van der Waals surface area contributed by atoms with Crippen molar-refractivity contribution < 1.29 is 14.6 Å². The lowest BCUT2D eigenvalue weighted by molar-refractivity contribution is -0.153. The van der Waals surface area contributed by atoms with E-state index in [9.17, 15) is 9.90 Å². The average molecular weight is 383 g/mol. The van der Waals surface area contributed by atoms with Gasteiger partial charge in [0.1, 0.15) is 0 Å². The van der Waals surface area contributed by atoms with E-state index in [1.165, 1.54) is 5.56 Å². The monoisotopic (exact) mass is 382 g/mol. The maximum absolute atomic E-state index is 12.5. The molecule has 1 fully saturated rings. The van der Waals surface area contributed by atoms with Crippen molar-refractivity contribution in [2.24, 2.45) is 0 Å². The molecule has 1 saturated heterocycles. The van der Waals surface area contributed by atoms with Gasteiger partial charge in [0.2, 0.25) is 0 Å². The summed E-state index contributed by atoms with van der Waals surface area (Å²) >= 11 is 0. The summed E-state index contributed by atoms with van der Waals surface area (Å²) in [6.07, 6.45) is 1.67. The molecular formula is C23H30N2O3. The standard InChI is InChI=1S/C23H30N2O3/c1-25(16-14-18-8-4-2-5-9-18)17-15-20-12-13-21(26)22(28-20)23(27)24-19-10-6-3-7-11-19/h2-11,20-22,26H,12-17H2,1H3,(H,24,27)/t20-,21-,22-/m0/s1. The fourth-order valence-corrected chi connectivity index (χ4v) is 3.50. The van der Waals surface area contributed by atoms with E-state index in [0.717, 1.165) is 32.4 Å². The van der Waals surface area contributed by atoms with Gasteiger partial charge in [0.05, 0.1) is 12.2 Å². The van der Waals surface area contributed by atoms with Gasteiger partial charge in [0, 0.05) is 18.8 Å². The number of nitrogens with one attached hydrogen (secondary N) is 1. The molecule has 150 valence electrons. The van der Waals surface area contributed by atoms with Gasteiger partial charge >= 0.3 is 0 Å². The molecule has 3 atom stereocenters. The third kappa shape index (κ3) is 6.16. The largest absolute Gasteiger partial charge is 0.390 e. The first-order valence-corrected chi connectivity index (χ1v) is 10.0. The van der Waals surface area contributed by atoms with Crippen molar-refractivity contribution in [1.82, 2.24) is 4.90 Å². The zero-order chi connectivity index (χ0) is 19.8. The van der Waals surface area contributed by atoms with Crippen LogP contribution in [0.3, 0.4) is 0 Å². The SMILES string of the molecule is CN(CCc1ccccc1)CC[C@@H]1CC[C@H](O)[C@@H](C(=O)Nc2ccccc2)O1. The number of likely N-dealkylation sites (N-methyl/N-ethyl adjacent to an activating group) is 1. The van der Waals surface area contributed by atoms with Crippen molar-refractivity contribution in [2.45, 2.75) is 44.0 Å². The number of ether oxygens (including phenoxy) is 1. The Labute approximate surface area is 167 Å². The molecule has 1 aliphatic rings. The van der Waals surface area contributed by atoms with Gasteiger partial charge in [0.25, 0.3) is 5.91 Å². The second-order valence-electron chi connectivity index (χ2n) is 7.51. The maximum Gasteiger partial charge on any atom is 0.256 e. The summed E-state index contributed by atoms with van der Waals surface area (Å²) in [4.78, 5) is 14.8. The Hall–Kier alpha value is -2.21. The van der Waals surface area contributed by atoms with Crippen LogP contribution in [0.25, 0.3) is 0 Å². The molecule has 2 aromatic carbocycles. The molecule has 2 aromatic rings. The average Bonchev–Trinajstić information content (AvgIpc) is 2.73. The number of carbonyl (C=O) groups is 1. The number of hydrogen-bond acceptors (Lipinski definition) is 4. The van der Waals surface area contributed by atoms with Gasteiger partial charge in [-0.2, -0.15) is 0 Å². The summed E-state index contributed by atoms with van der Waals surface area (Å²) in [5, 5.41) is 13.1. The third-order valence-electron chi connectivity index (χ3n) is 5.23. The van der Waals surface area contributed by atoms with E-state index in [1.807, 2.05) is 36.4 Å². The topological polar surface area (TPSA) is 61.8 Å².